The Kier molecular flexibility index (Phi) is 6.71. The summed E-state index contributed by atoms with van der Waals surface area (Å²) in [5.41, 5.74) is -3.50. The number of hydrogen-bond donors (Lipinski definition) is 0. The Morgan fingerprint density at radius 2 is 1.59 bits per heavy atom. The highest BCUT2D eigenvalue weighted by Crippen LogP contribution is 2.44. The highest BCUT2D eigenvalue weighted by Gasteiger charge is 2.64. The Balaban J connectivity index is 2.17. The molecule has 1 unspecified atom stereocenters. The number of alkyl halides is 3. The van der Waals surface area contributed by atoms with Crippen LogP contribution in [-0.4, -0.2) is 39.8 Å². The van der Waals surface area contributed by atoms with Gasteiger partial charge in [-0.3, -0.25) is 0 Å². The number of carbonyl (C=O) groups excluding carboxylic acids is 1. The second kappa shape index (κ2) is 8.24. The van der Waals surface area contributed by atoms with Gasteiger partial charge in [-0.2, -0.15) is 13.2 Å². The van der Waals surface area contributed by atoms with Crippen LogP contribution in [0.4, 0.5) is 13.2 Å². The van der Waals surface area contributed by atoms with Gasteiger partial charge >= 0.3 is 12.1 Å². The summed E-state index contributed by atoms with van der Waals surface area (Å²) in [6.45, 7) is 10.5. The van der Waals surface area contributed by atoms with Crippen LogP contribution in [0.25, 0.3) is 0 Å². The maximum absolute atomic E-state index is 14.0. The standard InChI is InChI=1S/C21H29F3O4Si/c1-19(2,3)29(5,6)28-17-13-12-16(14-17)27-18(25)20(26-4,21(22,23)24)15-10-8-7-9-11-15/h7-13,16-17H,14H2,1-6H3/t16-,17-,20?/m0/s1. The molecule has 0 amide bonds. The molecular formula is C21H29F3O4Si. The van der Waals surface area contributed by atoms with Crippen LogP contribution in [0, 0.1) is 0 Å². The fourth-order valence-corrected chi connectivity index (χ4v) is 4.26. The average Bonchev–Trinajstić information content (AvgIpc) is 3.00. The van der Waals surface area contributed by atoms with Gasteiger partial charge in [0.25, 0.3) is 5.60 Å². The molecule has 0 heterocycles. The van der Waals surface area contributed by atoms with E-state index in [2.05, 4.69) is 33.9 Å². The van der Waals surface area contributed by atoms with Gasteiger partial charge in [0.2, 0.25) is 0 Å². The third-order valence-corrected chi connectivity index (χ3v) is 10.2. The average molecular weight is 431 g/mol. The molecule has 3 atom stereocenters. The van der Waals surface area contributed by atoms with E-state index in [1.54, 1.807) is 18.2 Å². The number of rotatable bonds is 6. The molecule has 0 radical (unpaired) electrons. The van der Waals surface area contributed by atoms with Crippen molar-refractivity contribution >= 4 is 14.3 Å². The SMILES string of the molecule is COC(C(=O)O[C@H]1C=C[C@H](O[Si](C)(C)C(C)(C)C)C1)(c1ccccc1)C(F)(F)F. The quantitative estimate of drug-likeness (QED) is 0.347. The van der Waals surface area contributed by atoms with Crippen molar-refractivity contribution in [1.29, 1.82) is 0 Å². The molecule has 29 heavy (non-hydrogen) atoms. The van der Waals surface area contributed by atoms with Crippen LogP contribution >= 0.6 is 0 Å². The van der Waals surface area contributed by atoms with Gasteiger partial charge in [0, 0.05) is 19.1 Å². The molecule has 162 valence electrons. The van der Waals surface area contributed by atoms with Gasteiger partial charge in [0.1, 0.15) is 6.10 Å². The van der Waals surface area contributed by atoms with Gasteiger partial charge in [-0.15, -0.1) is 0 Å². The summed E-state index contributed by atoms with van der Waals surface area (Å²) in [6.07, 6.45) is -2.48. The summed E-state index contributed by atoms with van der Waals surface area (Å²) >= 11 is 0. The van der Waals surface area contributed by atoms with Crippen LogP contribution in [0.3, 0.4) is 0 Å². The Morgan fingerprint density at radius 3 is 2.07 bits per heavy atom. The molecule has 0 bridgehead atoms. The third kappa shape index (κ3) is 4.75. The van der Waals surface area contributed by atoms with Crippen LogP contribution in [-0.2, 0) is 24.3 Å². The molecule has 0 saturated heterocycles. The Morgan fingerprint density at radius 1 is 1.03 bits per heavy atom. The fraction of sp³-hybridized carbons (Fsp3) is 0.571. The minimum atomic E-state index is -4.99. The van der Waals surface area contributed by atoms with Crippen molar-refractivity contribution in [1.82, 2.24) is 0 Å². The first-order valence-corrected chi connectivity index (χ1v) is 12.4. The number of ether oxygens (including phenoxy) is 2. The van der Waals surface area contributed by atoms with Crippen LogP contribution in [0.15, 0.2) is 42.5 Å². The molecule has 0 aromatic heterocycles. The minimum Gasteiger partial charge on any atom is -0.455 e. The lowest BCUT2D eigenvalue weighted by molar-refractivity contribution is -0.277. The van der Waals surface area contributed by atoms with Crippen LogP contribution < -0.4 is 0 Å². The zero-order chi connectivity index (χ0) is 22.1. The molecule has 4 nitrogen and oxygen atoms in total. The maximum Gasteiger partial charge on any atom is 0.432 e. The van der Waals surface area contributed by atoms with Gasteiger partial charge in [-0.25, -0.2) is 4.79 Å². The van der Waals surface area contributed by atoms with Crippen molar-refractivity contribution < 1.29 is 31.9 Å². The summed E-state index contributed by atoms with van der Waals surface area (Å²) in [5, 5.41) is -0.00952. The third-order valence-electron chi connectivity index (χ3n) is 5.69. The molecule has 0 N–H and O–H groups in total. The number of hydrogen-bond acceptors (Lipinski definition) is 4. The predicted octanol–water partition coefficient (Wildman–Crippen LogP) is 5.35. The number of esters is 1. The summed E-state index contributed by atoms with van der Waals surface area (Å²) in [4.78, 5) is 12.7. The molecular weight excluding hydrogens is 401 g/mol. The maximum atomic E-state index is 14.0. The second-order valence-corrected chi connectivity index (χ2v) is 13.5. The summed E-state index contributed by atoms with van der Waals surface area (Å²) in [5.74, 6) is -1.48. The zero-order valence-corrected chi connectivity index (χ0v) is 18.7. The van der Waals surface area contributed by atoms with Gasteiger partial charge in [0.15, 0.2) is 8.32 Å². The molecule has 0 spiro atoms. The Labute approximate surface area is 171 Å². The fourth-order valence-electron chi connectivity index (χ4n) is 2.97. The van der Waals surface area contributed by atoms with Gasteiger partial charge in [-0.05, 0) is 24.2 Å². The lowest BCUT2D eigenvalue weighted by atomic mass is 9.92. The normalized spacial score (nSPS) is 22.4. The van der Waals surface area contributed by atoms with Crippen molar-refractivity contribution in [3.63, 3.8) is 0 Å². The van der Waals surface area contributed by atoms with Crippen molar-refractivity contribution in [2.75, 3.05) is 7.11 Å². The predicted molar refractivity (Wildman–Crippen MR) is 107 cm³/mol. The lowest BCUT2D eigenvalue weighted by Gasteiger charge is -2.38. The number of carbonyl (C=O) groups is 1. The number of methoxy groups -OCH3 is 1. The van der Waals surface area contributed by atoms with E-state index >= 15 is 0 Å². The molecule has 0 aliphatic heterocycles. The Bertz CT molecular complexity index is 741. The summed E-state index contributed by atoms with van der Waals surface area (Å²) in [6, 6.07) is 6.80. The van der Waals surface area contributed by atoms with Crippen LogP contribution in [0.2, 0.25) is 18.1 Å². The Hall–Kier alpha value is -1.64. The van der Waals surface area contributed by atoms with E-state index in [-0.39, 0.29) is 23.1 Å². The number of halogens is 3. The van der Waals surface area contributed by atoms with E-state index in [1.165, 1.54) is 24.3 Å². The minimum absolute atomic E-state index is 0.00952. The lowest BCUT2D eigenvalue weighted by Crippen LogP contribution is -2.52. The highest BCUT2D eigenvalue weighted by atomic mass is 28.4. The van der Waals surface area contributed by atoms with Crippen molar-refractivity contribution in [3.8, 4) is 0 Å². The van der Waals surface area contributed by atoms with E-state index in [9.17, 15) is 18.0 Å². The van der Waals surface area contributed by atoms with Crippen molar-refractivity contribution in [2.45, 2.75) is 69.3 Å². The molecule has 1 aromatic carbocycles. The molecule has 2 rings (SSSR count). The van der Waals surface area contributed by atoms with E-state index in [4.69, 9.17) is 13.9 Å². The zero-order valence-electron chi connectivity index (χ0n) is 17.7. The second-order valence-electron chi connectivity index (χ2n) is 8.73. The van der Waals surface area contributed by atoms with E-state index < -0.39 is 32.2 Å². The summed E-state index contributed by atoms with van der Waals surface area (Å²) < 4.78 is 58.1. The molecule has 0 saturated carbocycles. The molecule has 0 fully saturated rings. The first-order valence-electron chi connectivity index (χ1n) is 9.49. The molecule has 1 aliphatic carbocycles. The van der Waals surface area contributed by atoms with E-state index in [0.717, 1.165) is 7.11 Å². The van der Waals surface area contributed by atoms with Gasteiger partial charge in [-0.1, -0.05) is 57.2 Å². The first-order chi connectivity index (χ1) is 13.2. The van der Waals surface area contributed by atoms with Gasteiger partial charge in [0.05, 0.1) is 6.10 Å². The van der Waals surface area contributed by atoms with Crippen LogP contribution in [0.5, 0.6) is 0 Å². The van der Waals surface area contributed by atoms with Gasteiger partial charge < -0.3 is 13.9 Å². The largest absolute Gasteiger partial charge is 0.455 e. The highest BCUT2D eigenvalue weighted by molar-refractivity contribution is 6.74. The smallest absolute Gasteiger partial charge is 0.432 e. The van der Waals surface area contributed by atoms with Crippen LogP contribution in [0.1, 0.15) is 32.8 Å². The monoisotopic (exact) mass is 430 g/mol. The summed E-state index contributed by atoms with van der Waals surface area (Å²) in [7, 11) is -1.21. The molecule has 1 aliphatic rings. The van der Waals surface area contributed by atoms with Crippen molar-refractivity contribution in [3.05, 3.63) is 48.0 Å². The molecule has 8 heteroatoms. The molecule has 1 aromatic rings. The number of benzene rings is 1. The van der Waals surface area contributed by atoms with E-state index in [0.29, 0.717) is 0 Å². The van der Waals surface area contributed by atoms with Crippen molar-refractivity contribution in [2.24, 2.45) is 0 Å². The van der Waals surface area contributed by atoms with E-state index in [1.807, 2.05) is 0 Å². The topological polar surface area (TPSA) is 44.8 Å². The first kappa shape index (κ1) is 23.6.